The second-order valence-corrected chi connectivity index (χ2v) is 6.28. The van der Waals surface area contributed by atoms with Crippen LogP contribution in [0.25, 0.3) is 0 Å². The maximum absolute atomic E-state index is 11.8. The molecule has 0 atom stereocenters. The van der Waals surface area contributed by atoms with Gasteiger partial charge in [0.05, 0.1) is 25.2 Å². The number of esters is 2. The van der Waals surface area contributed by atoms with E-state index in [2.05, 4.69) is 6.58 Å². The fraction of sp³-hybridized carbons (Fsp3) is 0.733. The minimum absolute atomic E-state index is 0.0131. The van der Waals surface area contributed by atoms with E-state index < -0.39 is 11.4 Å². The summed E-state index contributed by atoms with van der Waals surface area (Å²) in [6.45, 7) is 12.6. The fourth-order valence-electron chi connectivity index (χ4n) is 0.847. The minimum Gasteiger partial charge on any atom is -0.465 e. The zero-order valence-electron chi connectivity index (χ0n) is 13.6. The van der Waals surface area contributed by atoms with Gasteiger partial charge in [-0.15, -0.1) is 0 Å². The van der Waals surface area contributed by atoms with Crippen molar-refractivity contribution >= 4 is 11.9 Å². The van der Waals surface area contributed by atoms with Crippen LogP contribution in [0.3, 0.4) is 0 Å². The molecule has 0 amide bonds. The van der Waals surface area contributed by atoms with Gasteiger partial charge >= 0.3 is 11.9 Å². The number of rotatable bonds is 6. The van der Waals surface area contributed by atoms with Crippen LogP contribution in [0, 0.1) is 10.8 Å². The van der Waals surface area contributed by atoms with Gasteiger partial charge < -0.3 is 19.7 Å². The number of hydrogen-bond donors (Lipinski definition) is 2. The Bertz CT molecular complexity index is 326. The molecule has 21 heavy (non-hydrogen) atoms. The van der Waals surface area contributed by atoms with E-state index in [9.17, 15) is 9.59 Å². The Kier molecular flexibility index (Phi) is 10.8. The molecule has 0 spiro atoms. The van der Waals surface area contributed by atoms with Gasteiger partial charge in [-0.2, -0.15) is 0 Å². The van der Waals surface area contributed by atoms with Gasteiger partial charge in [0.25, 0.3) is 0 Å². The molecule has 0 radical (unpaired) electrons. The van der Waals surface area contributed by atoms with Crippen molar-refractivity contribution in [3.63, 3.8) is 0 Å². The van der Waals surface area contributed by atoms with Crippen LogP contribution in [0.15, 0.2) is 12.7 Å². The first-order chi connectivity index (χ1) is 9.50. The molecule has 6 nitrogen and oxygen atoms in total. The maximum atomic E-state index is 11.8. The first kappa shape index (κ1) is 21.9. The largest absolute Gasteiger partial charge is 0.465 e. The molecule has 0 aliphatic rings. The molecule has 0 bridgehead atoms. The summed E-state index contributed by atoms with van der Waals surface area (Å²) in [5, 5.41) is 15.2. The summed E-state index contributed by atoms with van der Waals surface area (Å²) in [4.78, 5) is 22.7. The van der Waals surface area contributed by atoms with Crippen molar-refractivity contribution in [2.75, 3.05) is 26.4 Å². The average molecular weight is 304 g/mol. The molecule has 0 saturated heterocycles. The summed E-state index contributed by atoms with van der Waals surface area (Å²) in [7, 11) is 0. The molecule has 0 aliphatic heterocycles. The van der Waals surface area contributed by atoms with Gasteiger partial charge in [0.2, 0.25) is 0 Å². The van der Waals surface area contributed by atoms with Crippen LogP contribution in [-0.4, -0.2) is 48.6 Å². The van der Waals surface area contributed by atoms with Crippen molar-refractivity contribution in [1.82, 2.24) is 0 Å². The normalized spacial score (nSPS) is 11.0. The summed E-state index contributed by atoms with van der Waals surface area (Å²) in [6.07, 6.45) is 1.07. The van der Waals surface area contributed by atoms with Crippen molar-refractivity contribution < 1.29 is 29.3 Å². The van der Waals surface area contributed by atoms with E-state index in [4.69, 9.17) is 19.7 Å². The topological polar surface area (TPSA) is 93.1 Å². The lowest BCUT2D eigenvalue weighted by Gasteiger charge is -2.25. The second kappa shape index (κ2) is 10.3. The van der Waals surface area contributed by atoms with Gasteiger partial charge in [-0.25, -0.2) is 4.79 Å². The van der Waals surface area contributed by atoms with E-state index >= 15 is 0 Å². The molecule has 2 N–H and O–H groups in total. The molecule has 0 unspecified atom stereocenters. The Hall–Kier alpha value is -1.40. The van der Waals surface area contributed by atoms with E-state index in [1.54, 1.807) is 13.8 Å². The lowest BCUT2D eigenvalue weighted by molar-refractivity contribution is -0.162. The molecule has 0 heterocycles. The fourth-order valence-corrected chi connectivity index (χ4v) is 0.847. The molecule has 0 rings (SSSR count). The number of aliphatic hydroxyl groups is 2. The smallest absolute Gasteiger partial charge is 0.330 e. The Balaban J connectivity index is 0. The highest BCUT2D eigenvalue weighted by molar-refractivity contribution is 5.82. The third-order valence-electron chi connectivity index (χ3n) is 2.03. The van der Waals surface area contributed by atoms with Crippen LogP contribution >= 0.6 is 0 Å². The van der Waals surface area contributed by atoms with E-state index in [0.717, 1.165) is 6.08 Å². The van der Waals surface area contributed by atoms with E-state index in [1.165, 1.54) is 0 Å². The standard InChI is InChI=1S/C13H22O4.C2H6O2/c1-7-10(14)16-9-13(5,6)11(15)17-8-12(2,3)4;3-1-2-4/h7H,1,8-9H2,2-6H3;3-4H,1-2H2. The first-order valence-corrected chi connectivity index (χ1v) is 6.68. The Labute approximate surface area is 126 Å². The minimum atomic E-state index is -0.843. The monoisotopic (exact) mass is 304 g/mol. The number of ether oxygens (including phenoxy) is 2. The van der Waals surface area contributed by atoms with E-state index in [0.29, 0.717) is 6.61 Å². The van der Waals surface area contributed by atoms with E-state index in [-0.39, 0.29) is 31.2 Å². The van der Waals surface area contributed by atoms with E-state index in [1.807, 2.05) is 20.8 Å². The highest BCUT2D eigenvalue weighted by atomic mass is 16.6. The second-order valence-electron chi connectivity index (χ2n) is 6.28. The number of carbonyl (C=O) groups excluding carboxylic acids is 2. The quantitative estimate of drug-likeness (QED) is 0.567. The Morgan fingerprint density at radius 1 is 1.00 bits per heavy atom. The molecule has 0 aromatic heterocycles. The summed E-state index contributed by atoms with van der Waals surface area (Å²) in [5.74, 6) is -0.911. The third kappa shape index (κ3) is 13.3. The maximum Gasteiger partial charge on any atom is 0.330 e. The number of carbonyl (C=O) groups is 2. The summed E-state index contributed by atoms with van der Waals surface area (Å²) in [6, 6.07) is 0. The summed E-state index contributed by atoms with van der Waals surface area (Å²) < 4.78 is 10.0. The predicted molar refractivity (Wildman–Crippen MR) is 79.5 cm³/mol. The Morgan fingerprint density at radius 3 is 1.81 bits per heavy atom. The van der Waals surface area contributed by atoms with Crippen LogP contribution in [-0.2, 0) is 19.1 Å². The molecule has 0 fully saturated rings. The third-order valence-corrected chi connectivity index (χ3v) is 2.03. The lowest BCUT2D eigenvalue weighted by Crippen LogP contribution is -2.34. The predicted octanol–water partition coefficient (Wildman–Crippen LogP) is 1.30. The number of aliphatic hydroxyl groups excluding tert-OH is 2. The zero-order chi connectivity index (χ0) is 17.1. The van der Waals surface area contributed by atoms with Crippen LogP contribution in [0.2, 0.25) is 0 Å². The average Bonchev–Trinajstić information content (AvgIpc) is 2.41. The molecule has 0 aliphatic carbocycles. The van der Waals surface area contributed by atoms with Gasteiger partial charge in [0.15, 0.2) is 0 Å². The van der Waals surface area contributed by atoms with Gasteiger partial charge in [-0.05, 0) is 19.3 Å². The lowest BCUT2D eigenvalue weighted by atomic mass is 9.94. The summed E-state index contributed by atoms with van der Waals surface area (Å²) in [5.41, 5.74) is -0.923. The van der Waals surface area contributed by atoms with Crippen molar-refractivity contribution in [2.24, 2.45) is 10.8 Å². The van der Waals surface area contributed by atoms with Gasteiger partial charge in [0, 0.05) is 6.08 Å². The van der Waals surface area contributed by atoms with Crippen molar-refractivity contribution in [1.29, 1.82) is 0 Å². The molecular weight excluding hydrogens is 276 g/mol. The number of hydrogen-bond acceptors (Lipinski definition) is 6. The SMILES string of the molecule is C=CC(=O)OCC(C)(C)C(=O)OCC(C)(C)C.OCCO. The van der Waals surface area contributed by atoms with Gasteiger partial charge in [0.1, 0.15) is 6.61 Å². The van der Waals surface area contributed by atoms with Crippen LogP contribution in [0.4, 0.5) is 0 Å². The molecular formula is C15H28O6. The van der Waals surface area contributed by atoms with Crippen LogP contribution < -0.4 is 0 Å². The first-order valence-electron chi connectivity index (χ1n) is 6.68. The van der Waals surface area contributed by atoms with Crippen LogP contribution in [0.5, 0.6) is 0 Å². The molecule has 0 aromatic carbocycles. The highest BCUT2D eigenvalue weighted by Crippen LogP contribution is 2.21. The zero-order valence-corrected chi connectivity index (χ0v) is 13.6. The summed E-state index contributed by atoms with van der Waals surface area (Å²) >= 11 is 0. The molecule has 124 valence electrons. The van der Waals surface area contributed by atoms with Crippen molar-refractivity contribution in [2.45, 2.75) is 34.6 Å². The van der Waals surface area contributed by atoms with Gasteiger partial charge in [-0.1, -0.05) is 27.4 Å². The molecule has 6 heteroatoms. The molecule has 0 aromatic rings. The highest BCUT2D eigenvalue weighted by Gasteiger charge is 2.32. The molecule has 0 saturated carbocycles. The van der Waals surface area contributed by atoms with Crippen LogP contribution in [0.1, 0.15) is 34.6 Å². The Morgan fingerprint density at radius 2 is 1.48 bits per heavy atom. The van der Waals surface area contributed by atoms with Crippen molar-refractivity contribution in [3.8, 4) is 0 Å². The van der Waals surface area contributed by atoms with Gasteiger partial charge in [-0.3, -0.25) is 4.79 Å². The van der Waals surface area contributed by atoms with Crippen molar-refractivity contribution in [3.05, 3.63) is 12.7 Å².